The van der Waals surface area contributed by atoms with Crippen LogP contribution in [-0.4, -0.2) is 13.0 Å². The highest BCUT2D eigenvalue weighted by Gasteiger charge is 2.04. The average Bonchev–Trinajstić information content (AvgIpc) is 2.15. The number of primary amides is 1. The molecule has 0 saturated carbocycles. The van der Waals surface area contributed by atoms with E-state index in [1.807, 2.05) is 0 Å². The van der Waals surface area contributed by atoms with Gasteiger partial charge in [-0.2, -0.15) is 0 Å². The lowest BCUT2D eigenvalue weighted by Crippen LogP contribution is -2.05. The summed E-state index contributed by atoms with van der Waals surface area (Å²) in [5.74, 6) is -0.723. The number of ether oxygens (including phenoxy) is 1. The Hall–Kier alpha value is -1.84. The number of amides is 1. The number of methoxy groups -OCH3 is 1. The van der Waals surface area contributed by atoms with Crippen molar-refractivity contribution in [1.82, 2.24) is 0 Å². The van der Waals surface area contributed by atoms with Crippen molar-refractivity contribution in [2.24, 2.45) is 5.73 Å². The minimum Gasteiger partial charge on any atom is -0.496 e. The van der Waals surface area contributed by atoms with Gasteiger partial charge in [0.1, 0.15) is 11.6 Å². The lowest BCUT2D eigenvalue weighted by Gasteiger charge is -2.04. The van der Waals surface area contributed by atoms with Crippen LogP contribution in [0.15, 0.2) is 24.3 Å². The summed E-state index contributed by atoms with van der Waals surface area (Å²) in [4.78, 5) is 10.5. The fourth-order valence-electron chi connectivity index (χ4n) is 1.02. The van der Waals surface area contributed by atoms with Crippen molar-refractivity contribution in [3.63, 3.8) is 0 Å². The van der Waals surface area contributed by atoms with Crippen LogP contribution in [0.3, 0.4) is 0 Å². The molecule has 1 rings (SSSR count). The molecule has 1 amide bonds. The molecule has 0 atom stereocenters. The highest BCUT2D eigenvalue weighted by Crippen LogP contribution is 2.22. The first-order valence-electron chi connectivity index (χ1n) is 3.95. The molecular weight excluding hydrogens is 185 g/mol. The van der Waals surface area contributed by atoms with Crippen LogP contribution in [0.1, 0.15) is 5.56 Å². The molecule has 0 heterocycles. The third-order valence-corrected chi connectivity index (χ3v) is 1.65. The highest BCUT2D eigenvalue weighted by molar-refractivity contribution is 5.90. The Bertz CT molecular complexity index is 374. The molecule has 2 N–H and O–H groups in total. The van der Waals surface area contributed by atoms with E-state index >= 15 is 0 Å². The Morgan fingerprint density at radius 3 is 2.86 bits per heavy atom. The molecule has 0 aliphatic heterocycles. The highest BCUT2D eigenvalue weighted by atomic mass is 19.1. The molecule has 1 aromatic rings. The Morgan fingerprint density at radius 2 is 2.29 bits per heavy atom. The number of carbonyl (C=O) groups excluding carboxylic acids is 1. The normalized spacial score (nSPS) is 10.4. The van der Waals surface area contributed by atoms with E-state index < -0.39 is 11.7 Å². The number of nitrogens with two attached hydrogens (primary N) is 1. The predicted octanol–water partition coefficient (Wildman–Crippen LogP) is 1.33. The second-order valence-corrected chi connectivity index (χ2v) is 2.59. The van der Waals surface area contributed by atoms with Crippen LogP contribution in [-0.2, 0) is 4.79 Å². The molecule has 0 unspecified atom stereocenters. The lowest BCUT2D eigenvalue weighted by molar-refractivity contribution is -0.113. The van der Waals surface area contributed by atoms with Crippen LogP contribution in [0.2, 0.25) is 0 Å². The third kappa shape index (κ3) is 2.32. The number of benzene rings is 1. The molecule has 1 aromatic carbocycles. The van der Waals surface area contributed by atoms with Gasteiger partial charge in [-0.25, -0.2) is 4.39 Å². The van der Waals surface area contributed by atoms with Gasteiger partial charge in [-0.3, -0.25) is 4.79 Å². The molecule has 3 nitrogen and oxygen atoms in total. The quantitative estimate of drug-likeness (QED) is 0.740. The van der Waals surface area contributed by atoms with E-state index in [0.29, 0.717) is 5.75 Å². The van der Waals surface area contributed by atoms with Crippen molar-refractivity contribution in [1.29, 1.82) is 0 Å². The van der Waals surface area contributed by atoms with Gasteiger partial charge in [0.25, 0.3) is 0 Å². The molecule has 0 saturated heterocycles. The van der Waals surface area contributed by atoms with Crippen molar-refractivity contribution in [2.75, 3.05) is 7.11 Å². The molecular formula is C10H10FNO2. The van der Waals surface area contributed by atoms with Crippen LogP contribution in [0.4, 0.5) is 4.39 Å². The monoisotopic (exact) mass is 195 g/mol. The van der Waals surface area contributed by atoms with Gasteiger partial charge in [-0.1, -0.05) is 6.07 Å². The van der Waals surface area contributed by atoms with E-state index in [2.05, 4.69) is 0 Å². The number of hydrogen-bond acceptors (Lipinski definition) is 2. The molecule has 0 aromatic heterocycles. The fourth-order valence-corrected chi connectivity index (χ4v) is 1.02. The molecule has 4 heteroatoms. The molecule has 74 valence electrons. The van der Waals surface area contributed by atoms with Crippen LogP contribution < -0.4 is 10.5 Å². The maximum atomic E-state index is 13.2. The molecule has 0 aliphatic rings. The summed E-state index contributed by atoms with van der Waals surface area (Å²) in [5, 5.41) is 0. The molecule has 0 fully saturated rings. The second kappa shape index (κ2) is 4.41. The Balaban J connectivity index is 3.11. The van der Waals surface area contributed by atoms with Gasteiger partial charge in [-0.15, -0.1) is 0 Å². The maximum Gasteiger partial charge on any atom is 0.241 e. The molecule has 0 aliphatic carbocycles. The van der Waals surface area contributed by atoms with Crippen LogP contribution in [0.5, 0.6) is 5.75 Å². The maximum absolute atomic E-state index is 13.2. The van der Waals surface area contributed by atoms with E-state index in [9.17, 15) is 9.18 Å². The van der Waals surface area contributed by atoms with E-state index in [0.717, 1.165) is 6.08 Å². The Kier molecular flexibility index (Phi) is 3.23. The van der Waals surface area contributed by atoms with E-state index in [4.69, 9.17) is 10.5 Å². The molecule has 0 radical (unpaired) electrons. The van der Waals surface area contributed by atoms with Crippen molar-refractivity contribution in [2.45, 2.75) is 0 Å². The summed E-state index contributed by atoms with van der Waals surface area (Å²) in [7, 11) is 1.43. The third-order valence-electron chi connectivity index (χ3n) is 1.65. The van der Waals surface area contributed by atoms with Gasteiger partial charge in [0.15, 0.2) is 0 Å². The Labute approximate surface area is 81.0 Å². The molecule has 14 heavy (non-hydrogen) atoms. The Morgan fingerprint density at radius 1 is 1.57 bits per heavy atom. The minimum absolute atomic E-state index is 0.216. The van der Waals surface area contributed by atoms with Crippen molar-refractivity contribution in [3.8, 4) is 5.75 Å². The SMILES string of the molecule is COc1cccc(F)c1C=CC(N)=O. The van der Waals surface area contributed by atoms with Crippen molar-refractivity contribution in [3.05, 3.63) is 35.7 Å². The minimum atomic E-state index is -0.629. The first kappa shape index (κ1) is 10.2. The zero-order chi connectivity index (χ0) is 10.6. The summed E-state index contributed by atoms with van der Waals surface area (Å²) in [6.07, 6.45) is 2.37. The number of halogens is 1. The van der Waals surface area contributed by atoms with Gasteiger partial charge in [0, 0.05) is 6.08 Å². The summed E-state index contributed by atoms with van der Waals surface area (Å²) in [5.41, 5.74) is 5.11. The van der Waals surface area contributed by atoms with E-state index in [1.165, 1.54) is 25.3 Å². The standard InChI is InChI=1S/C10H10FNO2/c1-14-9-4-2-3-8(11)7(9)5-6-10(12)13/h2-6H,1H3,(H2,12,13). The topological polar surface area (TPSA) is 52.3 Å². The first-order valence-corrected chi connectivity index (χ1v) is 3.95. The molecule has 0 spiro atoms. The van der Waals surface area contributed by atoms with E-state index in [-0.39, 0.29) is 5.56 Å². The van der Waals surface area contributed by atoms with Crippen LogP contribution in [0, 0.1) is 5.82 Å². The van der Waals surface area contributed by atoms with Crippen LogP contribution >= 0.6 is 0 Å². The largest absolute Gasteiger partial charge is 0.496 e. The zero-order valence-electron chi connectivity index (χ0n) is 7.66. The molecule has 0 bridgehead atoms. The fraction of sp³-hybridized carbons (Fsp3) is 0.100. The number of rotatable bonds is 3. The second-order valence-electron chi connectivity index (χ2n) is 2.59. The zero-order valence-corrected chi connectivity index (χ0v) is 7.66. The average molecular weight is 195 g/mol. The summed E-state index contributed by atoms with van der Waals surface area (Å²) in [6.45, 7) is 0. The van der Waals surface area contributed by atoms with Crippen molar-refractivity contribution >= 4 is 12.0 Å². The van der Waals surface area contributed by atoms with Gasteiger partial charge in [0.2, 0.25) is 5.91 Å². The number of hydrogen-bond donors (Lipinski definition) is 1. The number of carbonyl (C=O) groups is 1. The summed E-state index contributed by atoms with van der Waals surface area (Å²) < 4.78 is 18.1. The summed E-state index contributed by atoms with van der Waals surface area (Å²) in [6, 6.07) is 4.41. The first-order chi connectivity index (χ1) is 6.65. The van der Waals surface area contributed by atoms with Gasteiger partial charge < -0.3 is 10.5 Å². The smallest absolute Gasteiger partial charge is 0.241 e. The summed E-state index contributed by atoms with van der Waals surface area (Å²) >= 11 is 0. The van der Waals surface area contributed by atoms with Gasteiger partial charge in [-0.05, 0) is 18.2 Å². The predicted molar refractivity (Wildman–Crippen MR) is 51.2 cm³/mol. The van der Waals surface area contributed by atoms with Gasteiger partial charge >= 0.3 is 0 Å². The van der Waals surface area contributed by atoms with E-state index in [1.54, 1.807) is 6.07 Å². The lowest BCUT2D eigenvalue weighted by atomic mass is 10.1. The van der Waals surface area contributed by atoms with Crippen molar-refractivity contribution < 1.29 is 13.9 Å². The van der Waals surface area contributed by atoms with Crippen LogP contribution in [0.25, 0.3) is 6.08 Å². The van der Waals surface area contributed by atoms with Gasteiger partial charge in [0.05, 0.1) is 12.7 Å².